The monoisotopic (exact) mass is 773 g/mol. The fraction of sp³-hybridized carbons (Fsp3) is 0.246. The van der Waals surface area contributed by atoms with Crippen molar-refractivity contribution in [2.24, 2.45) is 11.8 Å². The Morgan fingerprint density at radius 2 is 0.983 bits per heavy atom. The van der Waals surface area contributed by atoms with E-state index in [-0.39, 0.29) is 5.92 Å². The number of aliphatic hydroxyl groups excluding tert-OH is 1. The third-order valence-electron chi connectivity index (χ3n) is 16.9. The summed E-state index contributed by atoms with van der Waals surface area (Å²) in [6, 6.07) is 48.9. The number of hydrogen-bond acceptors (Lipinski definition) is 2. The second-order valence-corrected chi connectivity index (χ2v) is 19.3. The van der Waals surface area contributed by atoms with Crippen LogP contribution in [-0.4, -0.2) is 15.3 Å². The molecule has 0 aliphatic heterocycles. The molecule has 1 atom stereocenters. The molecular weight excluding hydrogens is 731 g/mol. The molecule has 1 unspecified atom stereocenters. The summed E-state index contributed by atoms with van der Waals surface area (Å²) in [5, 5.41) is 17.0. The lowest BCUT2D eigenvalue weighted by Gasteiger charge is -2.32. The molecule has 0 saturated heterocycles. The minimum Gasteiger partial charge on any atom is -0.388 e. The number of hydrogen-bond donors (Lipinski definition) is 1. The summed E-state index contributed by atoms with van der Waals surface area (Å²) in [6.07, 6.45) is 8.24. The Labute approximate surface area is 348 Å². The van der Waals surface area contributed by atoms with Gasteiger partial charge in [-0.15, -0.1) is 0 Å². The van der Waals surface area contributed by atoms with Gasteiger partial charge in [0.25, 0.3) is 0 Å². The van der Waals surface area contributed by atoms with Crippen LogP contribution in [0, 0.1) is 11.8 Å². The van der Waals surface area contributed by atoms with Gasteiger partial charge in [-0.3, -0.25) is 4.79 Å². The molecule has 7 aromatic carbocycles. The standard InChI is InChI=1S/C57H43NO2/c59-55-32-20-16-30(17-21-32)40-26-42-44-24-34(25-45-43-27-41-31-18-22-33(23-19-31)56(60)47(41)29-52(43)58(54(44)45)51(42)28-46(40)55)35-11-7-12-39-38-10-3-6-15-50(38)57(53(35)39)48-13-4-1-8-36(48)37-9-2-5-14-49(37)57/h1-15,24-33,55,59H,16-23H2. The van der Waals surface area contributed by atoms with Gasteiger partial charge in [0.1, 0.15) is 0 Å². The number of carbonyl (C=O) groups excluding carboxylic acids is 1. The van der Waals surface area contributed by atoms with Crippen LogP contribution in [0.3, 0.4) is 0 Å². The highest BCUT2D eigenvalue weighted by Crippen LogP contribution is 2.65. The Morgan fingerprint density at radius 1 is 0.467 bits per heavy atom. The molecule has 8 aliphatic rings. The van der Waals surface area contributed by atoms with E-state index in [1.807, 2.05) is 0 Å². The fourth-order valence-corrected chi connectivity index (χ4v) is 14.3. The molecule has 4 bridgehead atoms. The van der Waals surface area contributed by atoms with Gasteiger partial charge in [-0.2, -0.15) is 0 Å². The molecule has 2 saturated carbocycles. The lowest BCUT2D eigenvalue weighted by atomic mass is 9.68. The van der Waals surface area contributed by atoms with E-state index >= 15 is 0 Å². The zero-order valence-electron chi connectivity index (χ0n) is 33.5. The summed E-state index contributed by atoms with van der Waals surface area (Å²) >= 11 is 0. The first-order valence-electron chi connectivity index (χ1n) is 22.6. The predicted octanol–water partition coefficient (Wildman–Crippen LogP) is 13.6. The van der Waals surface area contributed by atoms with Crippen LogP contribution in [0.1, 0.15) is 119 Å². The van der Waals surface area contributed by atoms with Crippen LogP contribution in [0.4, 0.5) is 0 Å². The highest BCUT2D eigenvalue weighted by Gasteiger charge is 2.52. The molecule has 3 nitrogen and oxygen atoms in total. The fourth-order valence-electron chi connectivity index (χ4n) is 14.3. The van der Waals surface area contributed by atoms with Crippen molar-refractivity contribution in [2.45, 2.75) is 74.7 Å². The van der Waals surface area contributed by atoms with Crippen LogP contribution in [0.15, 0.2) is 127 Å². The lowest BCUT2D eigenvalue weighted by Crippen LogP contribution is -2.26. The van der Waals surface area contributed by atoms with Crippen LogP contribution in [0.25, 0.3) is 71.5 Å². The van der Waals surface area contributed by atoms with Crippen molar-refractivity contribution in [1.29, 1.82) is 0 Å². The maximum Gasteiger partial charge on any atom is 0.166 e. The summed E-state index contributed by atoms with van der Waals surface area (Å²) in [4.78, 5) is 14.3. The van der Waals surface area contributed by atoms with E-state index in [1.54, 1.807) is 0 Å². The first kappa shape index (κ1) is 32.8. The van der Waals surface area contributed by atoms with Gasteiger partial charge in [0.2, 0.25) is 0 Å². The van der Waals surface area contributed by atoms with Crippen LogP contribution >= 0.6 is 0 Å². The number of aromatic nitrogens is 1. The van der Waals surface area contributed by atoms with Crippen molar-refractivity contribution in [3.05, 3.63) is 172 Å². The number of benzene rings is 7. The molecule has 0 radical (unpaired) electrons. The molecule has 2 heterocycles. The molecule has 3 heteroatoms. The average Bonchev–Trinajstić information content (AvgIpc) is 3.90. The number of ketones is 1. The van der Waals surface area contributed by atoms with Crippen LogP contribution < -0.4 is 0 Å². The minimum absolute atomic E-state index is 0.140. The van der Waals surface area contributed by atoms with Gasteiger partial charge in [0.05, 0.1) is 28.1 Å². The van der Waals surface area contributed by atoms with Crippen molar-refractivity contribution in [3.63, 3.8) is 0 Å². The average molecular weight is 774 g/mol. The summed E-state index contributed by atoms with van der Waals surface area (Å²) in [6.45, 7) is 0. The summed E-state index contributed by atoms with van der Waals surface area (Å²) < 4.78 is 2.48. The Balaban J connectivity index is 1.09. The molecule has 17 rings (SSSR count). The summed E-state index contributed by atoms with van der Waals surface area (Å²) in [7, 11) is 0. The minimum atomic E-state index is -0.458. The van der Waals surface area contributed by atoms with E-state index in [2.05, 4.69) is 132 Å². The van der Waals surface area contributed by atoms with Crippen molar-refractivity contribution >= 4 is 43.9 Å². The van der Waals surface area contributed by atoms with Gasteiger partial charge in [-0.25, -0.2) is 0 Å². The van der Waals surface area contributed by atoms with Crippen molar-refractivity contribution in [3.8, 4) is 33.4 Å². The van der Waals surface area contributed by atoms with Gasteiger partial charge in [-0.1, -0.05) is 91.0 Å². The normalized spacial score (nSPS) is 23.9. The number of carbonyl (C=O) groups is 1. The Morgan fingerprint density at radius 3 is 1.65 bits per heavy atom. The lowest BCUT2D eigenvalue weighted by molar-refractivity contribution is 0.0897. The van der Waals surface area contributed by atoms with E-state index in [1.165, 1.54) is 93.8 Å². The largest absolute Gasteiger partial charge is 0.388 e. The van der Waals surface area contributed by atoms with E-state index < -0.39 is 11.5 Å². The number of fused-ring (bicyclic) bond motifs is 20. The Bertz CT molecular complexity index is 3340. The molecule has 1 spiro atoms. The maximum absolute atomic E-state index is 14.3. The van der Waals surface area contributed by atoms with E-state index in [0.717, 1.165) is 73.5 Å². The second-order valence-electron chi connectivity index (χ2n) is 19.3. The van der Waals surface area contributed by atoms with Crippen LogP contribution in [0.2, 0.25) is 0 Å². The van der Waals surface area contributed by atoms with Crippen molar-refractivity contribution < 1.29 is 9.90 Å². The number of Topliss-reactive ketones (excluding diaryl/α,β-unsaturated/α-hetero) is 1. The van der Waals surface area contributed by atoms with E-state index in [4.69, 9.17) is 0 Å². The van der Waals surface area contributed by atoms with Crippen LogP contribution in [0.5, 0.6) is 0 Å². The first-order valence-corrected chi connectivity index (χ1v) is 22.6. The maximum atomic E-state index is 14.3. The van der Waals surface area contributed by atoms with Crippen molar-refractivity contribution in [1.82, 2.24) is 4.40 Å². The number of rotatable bonds is 1. The predicted molar refractivity (Wildman–Crippen MR) is 242 cm³/mol. The molecule has 9 aromatic rings. The van der Waals surface area contributed by atoms with E-state index in [0.29, 0.717) is 23.5 Å². The first-order chi connectivity index (χ1) is 29.6. The smallest absolute Gasteiger partial charge is 0.166 e. The summed E-state index contributed by atoms with van der Waals surface area (Å²) in [5.41, 5.74) is 21.0. The zero-order valence-corrected chi connectivity index (χ0v) is 33.5. The molecule has 1 N–H and O–H groups in total. The quantitative estimate of drug-likeness (QED) is 0.180. The van der Waals surface area contributed by atoms with Crippen LogP contribution in [-0.2, 0) is 5.41 Å². The molecule has 288 valence electrons. The number of nitrogens with zero attached hydrogens (tertiary/aromatic N) is 1. The molecule has 2 fully saturated rings. The third kappa shape index (κ3) is 3.78. The summed E-state index contributed by atoms with van der Waals surface area (Å²) in [5.74, 6) is 1.73. The molecule has 8 aliphatic carbocycles. The van der Waals surface area contributed by atoms with Gasteiger partial charge in [0, 0.05) is 33.0 Å². The third-order valence-corrected chi connectivity index (χ3v) is 16.9. The van der Waals surface area contributed by atoms with Gasteiger partial charge < -0.3 is 9.51 Å². The van der Waals surface area contributed by atoms with Gasteiger partial charge >= 0.3 is 0 Å². The molecule has 60 heavy (non-hydrogen) atoms. The van der Waals surface area contributed by atoms with Crippen molar-refractivity contribution in [2.75, 3.05) is 0 Å². The topological polar surface area (TPSA) is 41.7 Å². The van der Waals surface area contributed by atoms with E-state index in [9.17, 15) is 9.90 Å². The Hall–Kier alpha value is -6.03. The highest BCUT2D eigenvalue weighted by molar-refractivity contribution is 6.25. The van der Waals surface area contributed by atoms with Gasteiger partial charge in [0.15, 0.2) is 5.78 Å². The molecule has 0 amide bonds. The Kier molecular flexibility index (Phi) is 6.12. The highest BCUT2D eigenvalue weighted by atomic mass is 16.3. The second kappa shape index (κ2) is 11.2. The zero-order chi connectivity index (χ0) is 39.2. The number of aliphatic hydroxyl groups is 1. The SMILES string of the molecule is O=C1c2cc3c(cc2C2CCC1CC2)c1cc(-c2cccc4c2C2(c5ccccc5-c5ccccc52)c2ccccc2-4)cc2c4cc5c(cc4n3c12)C(O)C1CCC5CC1. The van der Waals surface area contributed by atoms with Gasteiger partial charge in [-0.05, 0) is 178 Å². The molecular formula is C57H43NO2. The molecule has 2 aromatic heterocycles.